The minimum atomic E-state index is -0.897. The van der Waals surface area contributed by atoms with Crippen molar-refractivity contribution in [1.82, 2.24) is 0 Å². The quantitative estimate of drug-likeness (QED) is 0.374. The minimum absolute atomic E-state index is 0.282. The van der Waals surface area contributed by atoms with E-state index in [1.54, 1.807) is 0 Å². The molecule has 0 fully saturated rings. The minimum Gasteiger partial charge on any atom is -0.436 e. The molecule has 0 aromatic heterocycles. The lowest BCUT2D eigenvalue weighted by atomic mass is 10.2. The van der Waals surface area contributed by atoms with Gasteiger partial charge in [0.15, 0.2) is 0 Å². The Bertz CT molecular complexity index is 145. The number of esters is 1. The van der Waals surface area contributed by atoms with Crippen LogP contribution in [0, 0.1) is 0 Å². The zero-order chi connectivity index (χ0) is 10.8. The summed E-state index contributed by atoms with van der Waals surface area (Å²) in [4.78, 5) is 11.1. The number of carbonyl (C=O) groups excluding carboxylic acids is 1. The summed E-state index contributed by atoms with van der Waals surface area (Å²) in [6, 6.07) is 0. The molecule has 1 unspecified atom stereocenters. The monoisotopic (exact) mass is 202 g/mol. The Hall–Kier alpha value is -0.570. The second kappa shape index (κ2) is 9.00. The van der Waals surface area contributed by atoms with Crippen molar-refractivity contribution < 1.29 is 14.6 Å². The first-order chi connectivity index (χ1) is 6.70. The molecule has 0 bridgehead atoms. The largest absolute Gasteiger partial charge is 0.436 e. The van der Waals surface area contributed by atoms with Crippen molar-refractivity contribution in [3.8, 4) is 0 Å². The van der Waals surface area contributed by atoms with Crippen LogP contribution in [0.3, 0.4) is 0 Å². The van der Waals surface area contributed by atoms with Crippen LogP contribution in [0.25, 0.3) is 0 Å². The smallest absolute Gasteiger partial charge is 0.308 e. The predicted molar refractivity (Wildman–Crippen MR) is 55.8 cm³/mol. The molecule has 0 aromatic rings. The Morgan fingerprint density at radius 2 is 1.86 bits per heavy atom. The van der Waals surface area contributed by atoms with E-state index in [0.29, 0.717) is 12.8 Å². The fourth-order valence-electron chi connectivity index (χ4n) is 1.16. The van der Waals surface area contributed by atoms with Gasteiger partial charge in [0.25, 0.3) is 0 Å². The lowest BCUT2D eigenvalue weighted by Gasteiger charge is -2.11. The van der Waals surface area contributed by atoms with Gasteiger partial charge in [0, 0.05) is 12.8 Å². The molecule has 0 rings (SSSR count). The van der Waals surface area contributed by atoms with Crippen molar-refractivity contribution in [3.05, 3.63) is 0 Å². The van der Waals surface area contributed by atoms with Gasteiger partial charge in [-0.25, -0.2) is 0 Å². The number of hydrogen-bond donors (Lipinski definition) is 1. The molecule has 0 spiro atoms. The SMILES string of the molecule is CCCCCC(O)OC(=O)CCCC. The highest BCUT2D eigenvalue weighted by Gasteiger charge is 2.09. The molecule has 1 atom stereocenters. The highest BCUT2D eigenvalue weighted by Crippen LogP contribution is 2.06. The number of hydrogen-bond acceptors (Lipinski definition) is 3. The summed E-state index contributed by atoms with van der Waals surface area (Å²) in [6.07, 6.45) is 4.99. The first-order valence-electron chi connectivity index (χ1n) is 5.58. The highest BCUT2D eigenvalue weighted by molar-refractivity contribution is 5.69. The van der Waals surface area contributed by atoms with Gasteiger partial charge in [-0.1, -0.05) is 33.1 Å². The summed E-state index contributed by atoms with van der Waals surface area (Å²) < 4.78 is 4.82. The summed E-state index contributed by atoms with van der Waals surface area (Å²) in [6.45, 7) is 4.12. The van der Waals surface area contributed by atoms with Crippen LogP contribution in [0.2, 0.25) is 0 Å². The summed E-state index contributed by atoms with van der Waals surface area (Å²) in [5, 5.41) is 9.30. The maximum absolute atomic E-state index is 11.1. The molecule has 0 aliphatic carbocycles. The van der Waals surface area contributed by atoms with E-state index >= 15 is 0 Å². The number of ether oxygens (including phenoxy) is 1. The van der Waals surface area contributed by atoms with E-state index in [0.717, 1.165) is 32.1 Å². The molecule has 3 nitrogen and oxygen atoms in total. The fourth-order valence-corrected chi connectivity index (χ4v) is 1.16. The van der Waals surface area contributed by atoms with E-state index in [9.17, 15) is 9.90 Å². The Labute approximate surface area is 86.5 Å². The van der Waals surface area contributed by atoms with Crippen molar-refractivity contribution >= 4 is 5.97 Å². The molecule has 1 N–H and O–H groups in total. The third-order valence-corrected chi connectivity index (χ3v) is 2.06. The van der Waals surface area contributed by atoms with Crippen LogP contribution >= 0.6 is 0 Å². The van der Waals surface area contributed by atoms with Crippen molar-refractivity contribution in [3.63, 3.8) is 0 Å². The Kier molecular flexibility index (Phi) is 8.64. The van der Waals surface area contributed by atoms with Gasteiger partial charge in [0.2, 0.25) is 6.29 Å². The number of aliphatic hydroxyl groups is 1. The Morgan fingerprint density at radius 1 is 1.21 bits per heavy atom. The third-order valence-electron chi connectivity index (χ3n) is 2.06. The molecule has 0 saturated heterocycles. The van der Waals surface area contributed by atoms with E-state index < -0.39 is 6.29 Å². The van der Waals surface area contributed by atoms with E-state index in [-0.39, 0.29) is 5.97 Å². The van der Waals surface area contributed by atoms with E-state index in [4.69, 9.17) is 4.74 Å². The molecule has 0 saturated carbocycles. The molecule has 0 aromatic carbocycles. The predicted octanol–water partition coefficient (Wildman–Crippen LogP) is 2.62. The Morgan fingerprint density at radius 3 is 2.43 bits per heavy atom. The molecule has 84 valence electrons. The average Bonchev–Trinajstić information content (AvgIpc) is 2.15. The summed E-state index contributed by atoms with van der Waals surface area (Å²) in [7, 11) is 0. The maximum atomic E-state index is 11.1. The van der Waals surface area contributed by atoms with Crippen LogP contribution in [0.15, 0.2) is 0 Å². The summed E-state index contributed by atoms with van der Waals surface area (Å²) >= 11 is 0. The van der Waals surface area contributed by atoms with Gasteiger partial charge in [0.1, 0.15) is 0 Å². The fraction of sp³-hybridized carbons (Fsp3) is 0.909. The standard InChI is InChI=1S/C11H22O3/c1-3-5-7-9-11(13)14-10(12)8-6-4-2/h11,13H,3-9H2,1-2H3. The second-order valence-corrected chi connectivity index (χ2v) is 3.54. The number of aliphatic hydroxyl groups excluding tert-OH is 1. The summed E-state index contributed by atoms with van der Waals surface area (Å²) in [5.74, 6) is -0.282. The number of unbranched alkanes of at least 4 members (excludes halogenated alkanes) is 3. The van der Waals surface area contributed by atoms with Gasteiger partial charge >= 0.3 is 5.97 Å². The van der Waals surface area contributed by atoms with Gasteiger partial charge in [0.05, 0.1) is 0 Å². The van der Waals surface area contributed by atoms with Crippen LogP contribution < -0.4 is 0 Å². The van der Waals surface area contributed by atoms with Crippen LogP contribution in [-0.4, -0.2) is 17.4 Å². The molecular weight excluding hydrogens is 180 g/mol. The molecule has 3 heteroatoms. The van der Waals surface area contributed by atoms with Crippen LogP contribution in [0.4, 0.5) is 0 Å². The van der Waals surface area contributed by atoms with Crippen LogP contribution in [0.1, 0.15) is 58.8 Å². The van der Waals surface area contributed by atoms with Gasteiger partial charge in [-0.15, -0.1) is 0 Å². The molecule has 14 heavy (non-hydrogen) atoms. The van der Waals surface area contributed by atoms with Crippen molar-refractivity contribution in [2.45, 2.75) is 65.1 Å². The molecular formula is C11H22O3. The van der Waals surface area contributed by atoms with Gasteiger partial charge in [-0.3, -0.25) is 4.79 Å². The molecule has 0 radical (unpaired) electrons. The number of rotatable bonds is 8. The van der Waals surface area contributed by atoms with Crippen molar-refractivity contribution in [1.29, 1.82) is 0 Å². The summed E-state index contributed by atoms with van der Waals surface area (Å²) in [5.41, 5.74) is 0. The van der Waals surface area contributed by atoms with Crippen LogP contribution in [-0.2, 0) is 9.53 Å². The van der Waals surface area contributed by atoms with E-state index in [1.165, 1.54) is 0 Å². The van der Waals surface area contributed by atoms with E-state index in [2.05, 4.69) is 6.92 Å². The van der Waals surface area contributed by atoms with E-state index in [1.807, 2.05) is 6.92 Å². The Balaban J connectivity index is 3.40. The highest BCUT2D eigenvalue weighted by atomic mass is 16.6. The topological polar surface area (TPSA) is 46.5 Å². The maximum Gasteiger partial charge on any atom is 0.308 e. The average molecular weight is 202 g/mol. The second-order valence-electron chi connectivity index (χ2n) is 3.54. The van der Waals surface area contributed by atoms with Gasteiger partial charge in [-0.05, 0) is 12.8 Å². The van der Waals surface area contributed by atoms with Crippen LogP contribution in [0.5, 0.6) is 0 Å². The first-order valence-corrected chi connectivity index (χ1v) is 5.58. The first kappa shape index (κ1) is 13.4. The molecule has 0 amide bonds. The molecule has 0 aliphatic heterocycles. The van der Waals surface area contributed by atoms with Crippen molar-refractivity contribution in [2.75, 3.05) is 0 Å². The third kappa shape index (κ3) is 8.05. The van der Waals surface area contributed by atoms with Crippen molar-refractivity contribution in [2.24, 2.45) is 0 Å². The molecule has 0 heterocycles. The van der Waals surface area contributed by atoms with Gasteiger partial charge in [-0.2, -0.15) is 0 Å². The van der Waals surface area contributed by atoms with Gasteiger partial charge < -0.3 is 9.84 Å². The molecule has 0 aliphatic rings. The lowest BCUT2D eigenvalue weighted by Crippen LogP contribution is -2.17. The lowest BCUT2D eigenvalue weighted by molar-refractivity contribution is -0.168. The normalized spacial score (nSPS) is 12.5. The number of carbonyl (C=O) groups is 1. The zero-order valence-corrected chi connectivity index (χ0v) is 9.29. The zero-order valence-electron chi connectivity index (χ0n) is 9.29.